The van der Waals surface area contributed by atoms with Crippen molar-refractivity contribution in [3.8, 4) is 33.4 Å². The van der Waals surface area contributed by atoms with Crippen LogP contribution >= 0.6 is 0 Å². The Balaban J connectivity index is 2.10. The van der Waals surface area contributed by atoms with Crippen LogP contribution in [-0.2, 0) is 28.8 Å². The lowest BCUT2D eigenvalue weighted by Gasteiger charge is -2.15. The van der Waals surface area contributed by atoms with Crippen LogP contribution in [0.25, 0.3) is 69.8 Å². The standard InChI is InChI=1S/C42H30O12/c43-37(44)7-1-25-13-26(2-8-38(45)46)17-31(16-25)34-22-35(32-18-27(3-9-39(47)48)14-28(19-32)4-10-40(49)50)24-36(23-34)33-20-29(5-11-41(51)52)15-30(21-33)6-12-42(53)54/h1-24H,(H,43,44)(H,45,46)(H,47,48)(H,49,50)(H,51,52)(H,53,54). The Morgan fingerprint density at radius 1 is 0.259 bits per heavy atom. The van der Waals surface area contributed by atoms with Gasteiger partial charge in [-0.15, -0.1) is 0 Å². The van der Waals surface area contributed by atoms with Gasteiger partial charge in [0.15, 0.2) is 0 Å². The first-order valence-corrected chi connectivity index (χ1v) is 15.7. The zero-order chi connectivity index (χ0) is 39.4. The number of carboxylic acid groups (broad SMARTS) is 6. The van der Waals surface area contributed by atoms with Gasteiger partial charge in [0, 0.05) is 36.5 Å². The van der Waals surface area contributed by atoms with Crippen molar-refractivity contribution < 1.29 is 59.4 Å². The van der Waals surface area contributed by atoms with E-state index in [0.717, 1.165) is 36.5 Å². The molecule has 0 heterocycles. The summed E-state index contributed by atoms with van der Waals surface area (Å²) in [6.45, 7) is 0. The van der Waals surface area contributed by atoms with E-state index in [0.29, 0.717) is 66.8 Å². The topological polar surface area (TPSA) is 224 Å². The number of benzene rings is 4. The van der Waals surface area contributed by atoms with Crippen LogP contribution in [0.1, 0.15) is 33.4 Å². The minimum atomic E-state index is -1.21. The summed E-state index contributed by atoms with van der Waals surface area (Å²) < 4.78 is 0. The lowest BCUT2D eigenvalue weighted by molar-refractivity contribution is -0.132. The first-order valence-electron chi connectivity index (χ1n) is 15.7. The molecule has 0 aromatic heterocycles. The third-order valence-electron chi connectivity index (χ3n) is 7.38. The van der Waals surface area contributed by atoms with Gasteiger partial charge in [-0.2, -0.15) is 0 Å². The molecule has 12 heteroatoms. The second kappa shape index (κ2) is 17.9. The monoisotopic (exact) mass is 726 g/mol. The van der Waals surface area contributed by atoms with Gasteiger partial charge in [0.1, 0.15) is 0 Å². The molecule has 270 valence electrons. The van der Waals surface area contributed by atoms with E-state index >= 15 is 0 Å². The third kappa shape index (κ3) is 12.2. The molecule has 12 nitrogen and oxygen atoms in total. The van der Waals surface area contributed by atoms with E-state index in [9.17, 15) is 59.4 Å². The molecule has 4 aromatic rings. The van der Waals surface area contributed by atoms with Crippen molar-refractivity contribution in [3.63, 3.8) is 0 Å². The maximum Gasteiger partial charge on any atom is 0.328 e. The molecule has 0 radical (unpaired) electrons. The lowest BCUT2D eigenvalue weighted by atomic mass is 9.90. The summed E-state index contributed by atoms with van der Waals surface area (Å²) in [5.74, 6) is -7.24. The van der Waals surface area contributed by atoms with E-state index in [1.54, 1.807) is 72.8 Å². The molecular formula is C42H30O12. The zero-order valence-corrected chi connectivity index (χ0v) is 28.0. The van der Waals surface area contributed by atoms with Crippen molar-refractivity contribution in [1.82, 2.24) is 0 Å². The van der Waals surface area contributed by atoms with Crippen LogP contribution in [-0.4, -0.2) is 66.5 Å². The Labute approximate surface area is 307 Å². The SMILES string of the molecule is O=C(O)C=Cc1cc(C=CC(=O)O)cc(-c2cc(-c3cc(C=CC(=O)O)cc(C=CC(=O)O)c3)cc(-c3cc(C=CC(=O)O)cc(C=CC(=O)O)c3)c2)c1. The second-order valence-corrected chi connectivity index (χ2v) is 11.5. The number of hydrogen-bond donors (Lipinski definition) is 6. The first-order chi connectivity index (χ1) is 25.6. The highest BCUT2D eigenvalue weighted by Gasteiger charge is 2.12. The second-order valence-electron chi connectivity index (χ2n) is 11.5. The molecule has 0 fully saturated rings. The molecule has 0 aliphatic carbocycles. The van der Waals surface area contributed by atoms with Gasteiger partial charge in [0.05, 0.1) is 0 Å². The van der Waals surface area contributed by atoms with Crippen LogP contribution in [0.4, 0.5) is 0 Å². The molecule has 0 saturated carbocycles. The van der Waals surface area contributed by atoms with Crippen molar-refractivity contribution in [1.29, 1.82) is 0 Å². The predicted molar refractivity (Wildman–Crippen MR) is 203 cm³/mol. The summed E-state index contributed by atoms with van der Waals surface area (Å²) in [5, 5.41) is 55.6. The van der Waals surface area contributed by atoms with Gasteiger partial charge >= 0.3 is 35.8 Å². The van der Waals surface area contributed by atoms with Crippen LogP contribution < -0.4 is 0 Å². The van der Waals surface area contributed by atoms with Crippen molar-refractivity contribution in [2.45, 2.75) is 0 Å². The molecule has 0 atom stereocenters. The van der Waals surface area contributed by atoms with E-state index in [1.165, 1.54) is 36.5 Å². The Bertz CT molecular complexity index is 1950. The van der Waals surface area contributed by atoms with Crippen molar-refractivity contribution in [2.75, 3.05) is 0 Å². The highest BCUT2D eigenvalue weighted by molar-refractivity contribution is 5.92. The van der Waals surface area contributed by atoms with E-state index in [1.807, 2.05) is 0 Å². The van der Waals surface area contributed by atoms with Crippen LogP contribution in [0.3, 0.4) is 0 Å². The molecular weight excluding hydrogens is 696 g/mol. The molecule has 0 aliphatic rings. The maximum absolute atomic E-state index is 11.3. The molecule has 0 unspecified atom stereocenters. The molecule has 54 heavy (non-hydrogen) atoms. The fourth-order valence-electron chi connectivity index (χ4n) is 5.24. The van der Waals surface area contributed by atoms with Gasteiger partial charge < -0.3 is 30.6 Å². The van der Waals surface area contributed by atoms with Gasteiger partial charge in [-0.25, -0.2) is 28.8 Å². The average molecular weight is 727 g/mol. The van der Waals surface area contributed by atoms with Gasteiger partial charge in [-0.3, -0.25) is 0 Å². The van der Waals surface area contributed by atoms with Crippen LogP contribution in [0.5, 0.6) is 0 Å². The normalized spacial score (nSPS) is 11.8. The smallest absolute Gasteiger partial charge is 0.328 e. The average Bonchev–Trinajstić information content (AvgIpc) is 3.12. The number of hydrogen-bond acceptors (Lipinski definition) is 6. The van der Waals surface area contributed by atoms with Crippen molar-refractivity contribution in [2.24, 2.45) is 0 Å². The highest BCUT2D eigenvalue weighted by atomic mass is 16.4. The number of rotatable bonds is 15. The van der Waals surface area contributed by atoms with E-state index < -0.39 is 35.8 Å². The van der Waals surface area contributed by atoms with Gasteiger partial charge in [-0.1, -0.05) is 0 Å². The molecule has 4 aromatic carbocycles. The predicted octanol–water partition coefficient (Wildman–Crippen LogP) is 7.27. The Hall–Kier alpha value is -7.86. The van der Waals surface area contributed by atoms with E-state index in [4.69, 9.17) is 0 Å². The Morgan fingerprint density at radius 3 is 0.556 bits per heavy atom. The maximum atomic E-state index is 11.3. The van der Waals surface area contributed by atoms with Crippen LogP contribution in [0.2, 0.25) is 0 Å². The van der Waals surface area contributed by atoms with Gasteiger partial charge in [0.2, 0.25) is 0 Å². The summed E-state index contributed by atoms with van der Waals surface area (Å²) in [6, 6.07) is 20.2. The summed E-state index contributed by atoms with van der Waals surface area (Å²) in [5.41, 5.74) is 5.76. The third-order valence-corrected chi connectivity index (χ3v) is 7.38. The van der Waals surface area contributed by atoms with E-state index in [-0.39, 0.29) is 0 Å². The highest BCUT2D eigenvalue weighted by Crippen LogP contribution is 2.36. The Morgan fingerprint density at radius 2 is 0.407 bits per heavy atom. The summed E-state index contributed by atoms with van der Waals surface area (Å²) in [4.78, 5) is 68.1. The van der Waals surface area contributed by atoms with Crippen LogP contribution in [0.15, 0.2) is 109 Å². The summed E-state index contributed by atoms with van der Waals surface area (Å²) >= 11 is 0. The minimum absolute atomic E-state index is 0.427. The quantitative estimate of drug-likeness (QED) is 0.0665. The molecule has 6 N–H and O–H groups in total. The first kappa shape index (κ1) is 38.9. The summed E-state index contributed by atoms with van der Waals surface area (Å²) in [6.07, 6.45) is 13.6. The minimum Gasteiger partial charge on any atom is -0.478 e. The number of carboxylic acids is 6. The fraction of sp³-hybridized carbons (Fsp3) is 0. The van der Waals surface area contributed by atoms with E-state index in [2.05, 4.69) is 0 Å². The lowest BCUT2D eigenvalue weighted by Crippen LogP contribution is -1.92. The molecule has 0 aliphatic heterocycles. The summed E-state index contributed by atoms with van der Waals surface area (Å²) in [7, 11) is 0. The van der Waals surface area contributed by atoms with Crippen LogP contribution in [0, 0.1) is 0 Å². The van der Waals surface area contributed by atoms with Crippen molar-refractivity contribution in [3.05, 3.63) is 143 Å². The Kier molecular flexibility index (Phi) is 12.9. The number of carbonyl (C=O) groups is 6. The molecule has 0 amide bonds. The molecule has 4 rings (SSSR count). The zero-order valence-electron chi connectivity index (χ0n) is 28.0. The fourth-order valence-corrected chi connectivity index (χ4v) is 5.24. The largest absolute Gasteiger partial charge is 0.478 e. The molecule has 0 bridgehead atoms. The van der Waals surface area contributed by atoms with Gasteiger partial charge in [0.25, 0.3) is 0 Å². The van der Waals surface area contributed by atoms with Gasteiger partial charge in [-0.05, 0) is 176 Å². The molecule has 0 spiro atoms. The number of aliphatic carboxylic acids is 6. The van der Waals surface area contributed by atoms with Crippen molar-refractivity contribution >= 4 is 72.3 Å². The molecule has 0 saturated heterocycles.